The van der Waals surface area contributed by atoms with E-state index in [1.54, 1.807) is 28.9 Å². The van der Waals surface area contributed by atoms with Gasteiger partial charge in [0.2, 0.25) is 0 Å². The van der Waals surface area contributed by atoms with Crippen molar-refractivity contribution in [2.24, 2.45) is 5.73 Å². The predicted molar refractivity (Wildman–Crippen MR) is 148 cm³/mol. The number of halogens is 3. The van der Waals surface area contributed by atoms with Crippen LogP contribution in [0.3, 0.4) is 0 Å². The molecule has 1 aliphatic carbocycles. The lowest BCUT2D eigenvalue weighted by atomic mass is 9.68. The van der Waals surface area contributed by atoms with Crippen LogP contribution in [0.25, 0.3) is 11.3 Å². The van der Waals surface area contributed by atoms with Gasteiger partial charge >= 0.3 is 0 Å². The van der Waals surface area contributed by atoms with Gasteiger partial charge in [-0.1, -0.05) is 35.9 Å². The zero-order valence-electron chi connectivity index (χ0n) is 19.7. The lowest BCUT2D eigenvalue weighted by molar-refractivity contribution is 0.0945. The molecule has 36 heavy (non-hydrogen) atoms. The molecule has 1 fully saturated rings. The maximum absolute atomic E-state index is 12.7. The van der Waals surface area contributed by atoms with Crippen LogP contribution in [0, 0.1) is 0 Å². The number of hydrogen-bond acceptors (Lipinski definition) is 5. The molecule has 2 aromatic carbocycles. The predicted octanol–water partition coefficient (Wildman–Crippen LogP) is 4.14. The summed E-state index contributed by atoms with van der Waals surface area (Å²) >= 11 is 6.23. The molecule has 3 aromatic rings. The minimum atomic E-state index is -0.268. The van der Waals surface area contributed by atoms with Crippen LogP contribution in [-0.2, 0) is 5.41 Å². The Balaban J connectivity index is 0.00000228. The lowest BCUT2D eigenvalue weighted by Gasteiger charge is -2.40. The van der Waals surface area contributed by atoms with E-state index < -0.39 is 0 Å². The number of hydrogen-bond donors (Lipinski definition) is 3. The smallest absolute Gasteiger partial charge is 0.267 e. The third kappa shape index (κ3) is 6.47. The van der Waals surface area contributed by atoms with Gasteiger partial charge in [0, 0.05) is 40.7 Å². The zero-order chi connectivity index (χ0) is 24.1. The number of carbonyl (C=O) groups is 1. The largest absolute Gasteiger partial charge is 0.395 e. The highest BCUT2D eigenvalue weighted by Gasteiger charge is 2.37. The first-order valence-electron chi connectivity index (χ1n) is 11.5. The van der Waals surface area contributed by atoms with Crippen LogP contribution in [0.2, 0.25) is 5.02 Å². The second-order valence-corrected chi connectivity index (χ2v) is 9.22. The van der Waals surface area contributed by atoms with Gasteiger partial charge in [-0.2, -0.15) is 5.10 Å². The highest BCUT2D eigenvalue weighted by atomic mass is 35.5. The highest BCUT2D eigenvalue weighted by molar-refractivity contribution is 6.30. The third-order valence-electron chi connectivity index (χ3n) is 6.73. The number of aliphatic hydroxyl groups is 1. The van der Waals surface area contributed by atoms with Crippen LogP contribution < -0.4 is 16.6 Å². The van der Waals surface area contributed by atoms with Gasteiger partial charge in [0.1, 0.15) is 0 Å². The van der Waals surface area contributed by atoms with Crippen LogP contribution in [0.1, 0.15) is 47.6 Å². The Morgan fingerprint density at radius 3 is 2.50 bits per heavy atom. The Morgan fingerprint density at radius 1 is 1.11 bits per heavy atom. The molecule has 1 aromatic heterocycles. The molecular weight excluding hydrogens is 523 g/mol. The van der Waals surface area contributed by atoms with E-state index in [2.05, 4.69) is 16.5 Å². The van der Waals surface area contributed by atoms with Gasteiger partial charge in [-0.05, 0) is 61.6 Å². The van der Waals surface area contributed by atoms with E-state index in [0.29, 0.717) is 22.8 Å². The first-order valence-corrected chi connectivity index (χ1v) is 11.9. The second-order valence-electron chi connectivity index (χ2n) is 8.79. The van der Waals surface area contributed by atoms with Crippen molar-refractivity contribution in [2.75, 3.05) is 19.7 Å². The molecule has 0 atom stereocenters. The molecule has 194 valence electrons. The highest BCUT2D eigenvalue weighted by Crippen LogP contribution is 2.42. The first-order chi connectivity index (χ1) is 16.5. The van der Waals surface area contributed by atoms with Gasteiger partial charge in [0.05, 0.1) is 18.3 Å². The molecule has 7 nitrogen and oxygen atoms in total. The van der Waals surface area contributed by atoms with Crippen molar-refractivity contribution < 1.29 is 9.90 Å². The number of aromatic nitrogens is 2. The number of rotatable bonds is 7. The van der Waals surface area contributed by atoms with E-state index in [1.807, 2.05) is 24.3 Å². The summed E-state index contributed by atoms with van der Waals surface area (Å²) in [6.45, 7) is 0.586. The van der Waals surface area contributed by atoms with Gasteiger partial charge in [0.15, 0.2) is 0 Å². The topological polar surface area (TPSA) is 110 Å². The number of nitrogens with one attached hydrogen (secondary N) is 1. The molecule has 0 unspecified atom stereocenters. The molecule has 0 spiro atoms. The molecule has 4 rings (SSSR count). The average molecular weight is 554 g/mol. The second kappa shape index (κ2) is 13.2. The van der Waals surface area contributed by atoms with Crippen LogP contribution in [0.5, 0.6) is 0 Å². The number of nitrogens with zero attached hydrogens (tertiary/aromatic N) is 2. The average Bonchev–Trinajstić information content (AvgIpc) is 2.88. The Hall–Kier alpha value is -2.42. The maximum atomic E-state index is 12.7. The summed E-state index contributed by atoms with van der Waals surface area (Å²) in [5.74, 6) is -0.268. The van der Waals surface area contributed by atoms with Gasteiger partial charge in [-0.3, -0.25) is 9.59 Å². The van der Waals surface area contributed by atoms with Crippen molar-refractivity contribution in [3.05, 3.63) is 87.2 Å². The number of nitrogens with two attached hydrogens (primary N) is 1. The number of aliphatic hydroxyl groups excluding tert-OH is 1. The number of carbonyl (C=O) groups excluding carboxylic acids is 1. The fourth-order valence-corrected chi connectivity index (χ4v) is 4.95. The van der Waals surface area contributed by atoms with Gasteiger partial charge in [-0.25, -0.2) is 4.68 Å². The van der Waals surface area contributed by atoms with Gasteiger partial charge in [-0.15, -0.1) is 24.8 Å². The van der Waals surface area contributed by atoms with E-state index in [9.17, 15) is 9.59 Å². The van der Waals surface area contributed by atoms with Crippen LogP contribution in [0.4, 0.5) is 0 Å². The zero-order valence-corrected chi connectivity index (χ0v) is 22.1. The van der Waals surface area contributed by atoms with Gasteiger partial charge < -0.3 is 16.2 Å². The molecule has 0 saturated heterocycles. The van der Waals surface area contributed by atoms with E-state index in [0.717, 1.165) is 36.8 Å². The Morgan fingerprint density at radius 2 is 1.83 bits per heavy atom. The Labute approximate surface area is 227 Å². The van der Waals surface area contributed by atoms with Crippen molar-refractivity contribution in [1.29, 1.82) is 0 Å². The molecule has 10 heteroatoms. The van der Waals surface area contributed by atoms with Gasteiger partial charge in [0.25, 0.3) is 11.5 Å². The molecule has 1 aliphatic rings. The first kappa shape index (κ1) is 29.8. The van der Waals surface area contributed by atoms with Crippen LogP contribution in [-0.4, -0.2) is 40.5 Å². The monoisotopic (exact) mass is 552 g/mol. The normalized spacial score (nSPS) is 19.0. The third-order valence-corrected chi connectivity index (χ3v) is 6.96. The minimum Gasteiger partial charge on any atom is -0.395 e. The summed E-state index contributed by atoms with van der Waals surface area (Å²) < 4.78 is 1.58. The van der Waals surface area contributed by atoms with Crippen molar-refractivity contribution in [3.63, 3.8) is 0 Å². The van der Waals surface area contributed by atoms with Crippen LogP contribution in [0.15, 0.2) is 65.5 Å². The van der Waals surface area contributed by atoms with Crippen molar-refractivity contribution in [1.82, 2.24) is 15.1 Å². The number of amides is 1. The molecule has 4 N–H and O–H groups in total. The Kier molecular flexibility index (Phi) is 10.9. The lowest BCUT2D eigenvalue weighted by Crippen LogP contribution is -2.41. The summed E-state index contributed by atoms with van der Waals surface area (Å²) in [4.78, 5) is 25.0. The quantitative estimate of drug-likeness (QED) is 0.407. The summed E-state index contributed by atoms with van der Waals surface area (Å²) in [6, 6.07) is 18.2. The van der Waals surface area contributed by atoms with Crippen molar-refractivity contribution >= 4 is 42.3 Å². The molecular formula is C26H31Cl3N4O3. The summed E-state index contributed by atoms with van der Waals surface area (Å²) in [5, 5.41) is 16.9. The summed E-state index contributed by atoms with van der Waals surface area (Å²) in [6.07, 6.45) is 3.24. The minimum absolute atomic E-state index is 0. The summed E-state index contributed by atoms with van der Waals surface area (Å²) in [5.41, 5.74) is 8.92. The van der Waals surface area contributed by atoms with Crippen molar-refractivity contribution in [2.45, 2.75) is 37.1 Å². The van der Waals surface area contributed by atoms with Crippen molar-refractivity contribution in [3.8, 4) is 11.3 Å². The maximum Gasteiger partial charge on any atom is 0.267 e. The van der Waals surface area contributed by atoms with E-state index in [-0.39, 0.29) is 60.9 Å². The SMILES string of the molecule is Cl.Cl.NCC1(c2cccc(Cl)c2)CCC(n2nc(-c3cccc(C(=O)NCCO)c3)ccc2=O)CC1. The fourth-order valence-electron chi connectivity index (χ4n) is 4.76. The molecule has 1 amide bonds. The molecule has 0 bridgehead atoms. The van der Waals surface area contributed by atoms with E-state index in [4.69, 9.17) is 22.4 Å². The van der Waals surface area contributed by atoms with E-state index >= 15 is 0 Å². The van der Waals surface area contributed by atoms with Crippen LogP contribution >= 0.6 is 36.4 Å². The molecule has 0 radical (unpaired) electrons. The fraction of sp³-hybridized carbons (Fsp3) is 0.346. The Bertz CT molecular complexity index is 1230. The molecule has 1 heterocycles. The van der Waals surface area contributed by atoms with E-state index in [1.165, 1.54) is 6.07 Å². The number of benzene rings is 2. The molecule has 1 saturated carbocycles. The molecule has 0 aliphatic heterocycles. The summed E-state index contributed by atoms with van der Waals surface area (Å²) in [7, 11) is 0. The standard InChI is InChI=1S/C26H29ClN4O3.2ClH/c27-21-6-2-5-20(16-21)26(17-28)11-9-22(10-12-26)31-24(33)8-7-23(30-31)18-3-1-4-19(15-18)25(34)29-13-14-32;;/h1-8,15-16,22,32H,9-14,17,28H2,(H,29,34);2*1H.